The number of rotatable bonds is 7. The van der Waals surface area contributed by atoms with E-state index < -0.39 is 12.0 Å². The number of hydrogen-bond donors (Lipinski definition) is 1. The molecule has 0 saturated heterocycles. The van der Waals surface area contributed by atoms with Gasteiger partial charge in [0.1, 0.15) is 11.8 Å². The lowest BCUT2D eigenvalue weighted by Crippen LogP contribution is -2.21. The minimum absolute atomic E-state index is 0.0348. The van der Waals surface area contributed by atoms with E-state index in [-0.39, 0.29) is 18.6 Å². The van der Waals surface area contributed by atoms with Crippen molar-refractivity contribution >= 4 is 17.5 Å². The van der Waals surface area contributed by atoms with Gasteiger partial charge in [-0.05, 0) is 13.3 Å². The first-order valence-corrected chi connectivity index (χ1v) is 7.49. The van der Waals surface area contributed by atoms with Gasteiger partial charge in [-0.3, -0.25) is 4.99 Å². The average Bonchev–Trinajstić information content (AvgIpc) is 2.56. The molecular formula is C19H19NO3. The molecule has 0 radical (unpaired) electrons. The molecule has 0 amide bonds. The van der Waals surface area contributed by atoms with Crippen molar-refractivity contribution in [2.75, 3.05) is 0 Å². The zero-order valence-corrected chi connectivity index (χ0v) is 13.0. The molecule has 2 aromatic rings. The summed E-state index contributed by atoms with van der Waals surface area (Å²) in [5.74, 6) is -1.05. The van der Waals surface area contributed by atoms with Crippen LogP contribution in [0.4, 0.5) is 0 Å². The van der Waals surface area contributed by atoms with Crippen molar-refractivity contribution in [3.05, 3.63) is 71.8 Å². The van der Waals surface area contributed by atoms with Gasteiger partial charge in [0.2, 0.25) is 0 Å². The van der Waals surface area contributed by atoms with Crippen LogP contribution in [0.25, 0.3) is 0 Å². The van der Waals surface area contributed by atoms with Gasteiger partial charge in [0.25, 0.3) is 0 Å². The molecule has 2 rings (SSSR count). The van der Waals surface area contributed by atoms with Gasteiger partial charge in [-0.25, -0.2) is 4.79 Å². The van der Waals surface area contributed by atoms with E-state index in [9.17, 15) is 14.7 Å². The molecule has 0 aliphatic carbocycles. The van der Waals surface area contributed by atoms with Crippen molar-refractivity contribution in [3.63, 3.8) is 0 Å². The third-order valence-corrected chi connectivity index (χ3v) is 3.43. The zero-order valence-electron chi connectivity index (χ0n) is 13.0. The van der Waals surface area contributed by atoms with E-state index in [1.54, 1.807) is 0 Å². The van der Waals surface area contributed by atoms with E-state index in [4.69, 9.17) is 0 Å². The molecule has 4 heteroatoms. The average molecular weight is 309 g/mol. The van der Waals surface area contributed by atoms with Gasteiger partial charge < -0.3 is 9.90 Å². The van der Waals surface area contributed by atoms with Crippen molar-refractivity contribution in [2.45, 2.75) is 25.8 Å². The maximum atomic E-state index is 11.5. The summed E-state index contributed by atoms with van der Waals surface area (Å²) < 4.78 is 0. The van der Waals surface area contributed by atoms with Gasteiger partial charge in [-0.1, -0.05) is 60.7 Å². The summed E-state index contributed by atoms with van der Waals surface area (Å²) >= 11 is 0. The molecule has 0 aliphatic heterocycles. The maximum Gasteiger partial charge on any atom is 0.328 e. The van der Waals surface area contributed by atoms with E-state index >= 15 is 0 Å². The second-order valence-corrected chi connectivity index (χ2v) is 5.30. The Morgan fingerprint density at radius 1 is 0.957 bits per heavy atom. The lowest BCUT2D eigenvalue weighted by atomic mass is 10.0. The highest BCUT2D eigenvalue weighted by atomic mass is 16.4. The minimum atomic E-state index is -1.02. The highest BCUT2D eigenvalue weighted by Gasteiger charge is 2.19. The minimum Gasteiger partial charge on any atom is -0.480 e. The van der Waals surface area contributed by atoms with Crippen molar-refractivity contribution in [1.82, 2.24) is 0 Å². The fraction of sp³-hybridized carbons (Fsp3) is 0.211. The summed E-state index contributed by atoms with van der Waals surface area (Å²) in [5.41, 5.74) is 2.34. The second-order valence-electron chi connectivity index (χ2n) is 5.30. The van der Waals surface area contributed by atoms with Crippen LogP contribution in [-0.4, -0.2) is 28.6 Å². The molecule has 118 valence electrons. The SMILES string of the molecule is CC(=O)CCC(N=C(c1ccccc1)c1ccccc1)C(=O)O. The molecule has 1 N–H and O–H groups in total. The fourth-order valence-electron chi connectivity index (χ4n) is 2.25. The van der Waals surface area contributed by atoms with E-state index in [0.29, 0.717) is 5.71 Å². The first-order chi connectivity index (χ1) is 11.1. The van der Waals surface area contributed by atoms with E-state index in [1.807, 2.05) is 60.7 Å². The number of ketones is 1. The van der Waals surface area contributed by atoms with Crippen molar-refractivity contribution in [3.8, 4) is 0 Å². The van der Waals surface area contributed by atoms with E-state index in [2.05, 4.69) is 4.99 Å². The molecule has 1 atom stereocenters. The number of Topliss-reactive ketones (excluding diaryl/α,β-unsaturated/α-hetero) is 1. The number of hydrogen-bond acceptors (Lipinski definition) is 3. The number of aliphatic carboxylic acids is 1. The predicted octanol–water partition coefficient (Wildman–Crippen LogP) is 3.35. The summed E-state index contributed by atoms with van der Waals surface area (Å²) in [6.07, 6.45) is 0.408. The zero-order chi connectivity index (χ0) is 16.7. The standard InChI is InChI=1S/C19H19NO3/c1-14(21)12-13-17(19(22)23)20-18(15-8-4-2-5-9-15)16-10-6-3-7-11-16/h2-11,17H,12-13H2,1H3,(H,22,23). The highest BCUT2D eigenvalue weighted by Crippen LogP contribution is 2.14. The Balaban J connectivity index is 2.43. The van der Waals surface area contributed by atoms with Gasteiger partial charge in [0, 0.05) is 17.5 Å². The fourth-order valence-corrected chi connectivity index (χ4v) is 2.25. The van der Waals surface area contributed by atoms with Crippen LogP contribution in [0.3, 0.4) is 0 Å². The number of carboxylic acid groups (broad SMARTS) is 1. The number of benzene rings is 2. The number of carboxylic acids is 1. The number of carbonyl (C=O) groups excluding carboxylic acids is 1. The molecule has 0 bridgehead atoms. The topological polar surface area (TPSA) is 66.7 Å². The molecule has 2 aromatic carbocycles. The number of nitrogens with zero attached hydrogens (tertiary/aromatic N) is 1. The van der Waals surface area contributed by atoms with Crippen LogP contribution in [0, 0.1) is 0 Å². The Labute approximate surface area is 135 Å². The molecule has 0 spiro atoms. The number of aliphatic imine (C=N–C) groups is 1. The van der Waals surface area contributed by atoms with Gasteiger partial charge in [-0.2, -0.15) is 0 Å². The van der Waals surface area contributed by atoms with Gasteiger partial charge in [-0.15, -0.1) is 0 Å². The Hall–Kier alpha value is -2.75. The molecule has 1 unspecified atom stereocenters. The third-order valence-electron chi connectivity index (χ3n) is 3.43. The molecular weight excluding hydrogens is 290 g/mol. The van der Waals surface area contributed by atoms with Crippen LogP contribution in [0.1, 0.15) is 30.9 Å². The molecule has 0 aliphatic rings. The van der Waals surface area contributed by atoms with Gasteiger partial charge in [0.15, 0.2) is 0 Å². The molecule has 4 nitrogen and oxygen atoms in total. The normalized spacial score (nSPS) is 11.5. The first kappa shape index (κ1) is 16.6. The quantitative estimate of drug-likeness (QED) is 0.798. The summed E-state index contributed by atoms with van der Waals surface area (Å²) in [5, 5.41) is 9.41. The Kier molecular flexibility index (Phi) is 5.80. The highest BCUT2D eigenvalue weighted by molar-refractivity contribution is 6.13. The Bertz CT molecular complexity index is 652. The van der Waals surface area contributed by atoms with Crippen LogP contribution >= 0.6 is 0 Å². The first-order valence-electron chi connectivity index (χ1n) is 7.49. The van der Waals surface area contributed by atoms with Crippen LogP contribution < -0.4 is 0 Å². The lowest BCUT2D eigenvalue weighted by Gasteiger charge is -2.12. The smallest absolute Gasteiger partial charge is 0.328 e. The number of carbonyl (C=O) groups is 2. The lowest BCUT2D eigenvalue weighted by molar-refractivity contribution is -0.138. The summed E-state index contributed by atoms with van der Waals surface area (Å²) in [4.78, 5) is 27.1. The molecule has 23 heavy (non-hydrogen) atoms. The van der Waals surface area contributed by atoms with Crippen molar-refractivity contribution in [1.29, 1.82) is 0 Å². The van der Waals surface area contributed by atoms with Crippen LogP contribution in [-0.2, 0) is 9.59 Å². The largest absolute Gasteiger partial charge is 0.480 e. The van der Waals surface area contributed by atoms with Crippen molar-refractivity contribution in [2.24, 2.45) is 4.99 Å². The molecule has 0 heterocycles. The van der Waals surface area contributed by atoms with Crippen molar-refractivity contribution < 1.29 is 14.7 Å². The Morgan fingerprint density at radius 3 is 1.83 bits per heavy atom. The van der Waals surface area contributed by atoms with Crippen LogP contribution in [0.15, 0.2) is 65.7 Å². The summed E-state index contributed by atoms with van der Waals surface area (Å²) in [6, 6.07) is 18.0. The molecule has 0 fully saturated rings. The van der Waals surface area contributed by atoms with E-state index in [1.165, 1.54) is 6.92 Å². The molecule has 0 aromatic heterocycles. The van der Waals surface area contributed by atoms with E-state index in [0.717, 1.165) is 11.1 Å². The second kappa shape index (κ2) is 8.03. The maximum absolute atomic E-state index is 11.5. The monoisotopic (exact) mass is 309 g/mol. The third kappa shape index (κ3) is 4.88. The molecule has 0 saturated carbocycles. The van der Waals surface area contributed by atoms with Crippen LogP contribution in [0.2, 0.25) is 0 Å². The summed E-state index contributed by atoms with van der Waals surface area (Å²) in [6.45, 7) is 1.46. The summed E-state index contributed by atoms with van der Waals surface area (Å²) in [7, 11) is 0. The van der Waals surface area contributed by atoms with Gasteiger partial charge >= 0.3 is 5.97 Å². The van der Waals surface area contributed by atoms with Crippen LogP contribution in [0.5, 0.6) is 0 Å². The Morgan fingerprint density at radius 2 is 1.43 bits per heavy atom. The van der Waals surface area contributed by atoms with Gasteiger partial charge in [0.05, 0.1) is 5.71 Å². The predicted molar refractivity (Wildman–Crippen MR) is 89.9 cm³/mol.